The molecule has 0 aromatic carbocycles. The van der Waals surface area contributed by atoms with Crippen molar-refractivity contribution in [1.29, 1.82) is 0 Å². The lowest BCUT2D eigenvalue weighted by molar-refractivity contribution is 0.0944. The first-order chi connectivity index (χ1) is 9.72. The van der Waals surface area contributed by atoms with Crippen molar-refractivity contribution in [3.8, 4) is 0 Å². The second-order valence-electron chi connectivity index (χ2n) is 5.25. The maximum absolute atomic E-state index is 11.9. The Morgan fingerprint density at radius 3 is 2.90 bits per heavy atom. The standard InChI is InChI=1S/C14H24N4OS/c1-2-18-7-4-11(5-8-18)3-6-16-14(19)12-10-20-13(9-15)17-12/h10-11H,2-9,15H2,1H3,(H,16,19). The lowest BCUT2D eigenvalue weighted by Crippen LogP contribution is -2.35. The van der Waals surface area contributed by atoms with Crippen LogP contribution in [0.5, 0.6) is 0 Å². The minimum atomic E-state index is -0.0769. The van der Waals surface area contributed by atoms with E-state index in [0.29, 0.717) is 12.2 Å². The first-order valence-electron chi connectivity index (χ1n) is 7.38. The number of piperidine rings is 1. The van der Waals surface area contributed by atoms with Gasteiger partial charge in [0.2, 0.25) is 0 Å². The molecule has 1 aliphatic rings. The number of aromatic nitrogens is 1. The number of rotatable bonds is 6. The third kappa shape index (κ3) is 4.26. The van der Waals surface area contributed by atoms with E-state index in [0.717, 1.165) is 30.4 Å². The third-order valence-corrected chi connectivity index (χ3v) is 4.82. The van der Waals surface area contributed by atoms with Gasteiger partial charge in [-0.05, 0) is 44.8 Å². The van der Waals surface area contributed by atoms with E-state index in [4.69, 9.17) is 5.73 Å². The van der Waals surface area contributed by atoms with Gasteiger partial charge >= 0.3 is 0 Å². The van der Waals surface area contributed by atoms with Crippen molar-refractivity contribution >= 4 is 17.2 Å². The second kappa shape index (κ2) is 7.71. The van der Waals surface area contributed by atoms with E-state index >= 15 is 0 Å². The van der Waals surface area contributed by atoms with Crippen molar-refractivity contribution < 1.29 is 4.79 Å². The van der Waals surface area contributed by atoms with E-state index in [9.17, 15) is 4.79 Å². The van der Waals surface area contributed by atoms with Crippen molar-refractivity contribution in [2.24, 2.45) is 11.7 Å². The van der Waals surface area contributed by atoms with Gasteiger partial charge in [0.1, 0.15) is 10.7 Å². The fraction of sp³-hybridized carbons (Fsp3) is 0.714. The number of thiazole rings is 1. The predicted octanol–water partition coefficient (Wildman–Crippen LogP) is 1.45. The Balaban J connectivity index is 1.67. The lowest BCUT2D eigenvalue weighted by Gasteiger charge is -2.30. The molecule has 112 valence electrons. The zero-order valence-corrected chi connectivity index (χ0v) is 12.9. The van der Waals surface area contributed by atoms with Gasteiger partial charge in [-0.3, -0.25) is 4.79 Å². The zero-order valence-electron chi connectivity index (χ0n) is 12.1. The SMILES string of the molecule is CCN1CCC(CCNC(=O)c2csc(CN)n2)CC1. The molecule has 1 saturated heterocycles. The summed E-state index contributed by atoms with van der Waals surface area (Å²) in [7, 11) is 0. The molecule has 0 bridgehead atoms. The summed E-state index contributed by atoms with van der Waals surface area (Å²) in [5.41, 5.74) is 5.99. The van der Waals surface area contributed by atoms with Crippen molar-refractivity contribution in [1.82, 2.24) is 15.2 Å². The normalized spacial score (nSPS) is 17.3. The molecule has 1 aliphatic heterocycles. The zero-order chi connectivity index (χ0) is 14.4. The van der Waals surface area contributed by atoms with Gasteiger partial charge in [0.15, 0.2) is 0 Å². The number of nitrogens with zero attached hydrogens (tertiary/aromatic N) is 2. The Kier molecular flexibility index (Phi) is 5.94. The smallest absolute Gasteiger partial charge is 0.270 e. The molecule has 1 aromatic heterocycles. The fourth-order valence-electron chi connectivity index (χ4n) is 2.58. The van der Waals surface area contributed by atoms with Gasteiger partial charge < -0.3 is 16.0 Å². The van der Waals surface area contributed by atoms with Crippen LogP contribution >= 0.6 is 11.3 Å². The van der Waals surface area contributed by atoms with Gasteiger partial charge in [-0.15, -0.1) is 11.3 Å². The van der Waals surface area contributed by atoms with Crippen LogP contribution in [0, 0.1) is 5.92 Å². The van der Waals surface area contributed by atoms with Crippen LogP contribution in [0.1, 0.15) is 41.7 Å². The van der Waals surface area contributed by atoms with E-state index in [1.165, 1.54) is 37.3 Å². The van der Waals surface area contributed by atoms with Crippen LogP contribution in [-0.4, -0.2) is 42.0 Å². The lowest BCUT2D eigenvalue weighted by atomic mass is 9.93. The Bertz CT molecular complexity index is 427. The summed E-state index contributed by atoms with van der Waals surface area (Å²) in [4.78, 5) is 18.6. The van der Waals surface area contributed by atoms with Crippen molar-refractivity contribution in [2.45, 2.75) is 32.7 Å². The van der Waals surface area contributed by atoms with Gasteiger partial charge in [-0.1, -0.05) is 6.92 Å². The Hall–Kier alpha value is -0.980. The molecule has 0 saturated carbocycles. The van der Waals surface area contributed by atoms with Crippen LogP contribution in [0.25, 0.3) is 0 Å². The van der Waals surface area contributed by atoms with Crippen LogP contribution in [-0.2, 0) is 6.54 Å². The molecule has 1 amide bonds. The average Bonchev–Trinajstić information content (AvgIpc) is 2.97. The molecule has 2 rings (SSSR count). The second-order valence-corrected chi connectivity index (χ2v) is 6.20. The molecule has 5 nitrogen and oxygen atoms in total. The topological polar surface area (TPSA) is 71.2 Å². The van der Waals surface area contributed by atoms with Crippen LogP contribution in [0.4, 0.5) is 0 Å². The monoisotopic (exact) mass is 296 g/mol. The van der Waals surface area contributed by atoms with E-state index in [1.54, 1.807) is 5.38 Å². The van der Waals surface area contributed by atoms with Gasteiger partial charge in [0, 0.05) is 18.5 Å². The predicted molar refractivity (Wildman–Crippen MR) is 81.8 cm³/mol. The molecule has 3 N–H and O–H groups in total. The highest BCUT2D eigenvalue weighted by Crippen LogP contribution is 2.19. The largest absolute Gasteiger partial charge is 0.351 e. The fourth-order valence-corrected chi connectivity index (χ4v) is 3.24. The summed E-state index contributed by atoms with van der Waals surface area (Å²) in [5.74, 6) is 0.667. The highest BCUT2D eigenvalue weighted by atomic mass is 32.1. The number of nitrogens with two attached hydrogens (primary N) is 1. The summed E-state index contributed by atoms with van der Waals surface area (Å²) in [6.45, 7) is 6.89. The molecule has 0 radical (unpaired) electrons. The molecule has 1 aromatic rings. The number of hydrogen-bond acceptors (Lipinski definition) is 5. The summed E-state index contributed by atoms with van der Waals surface area (Å²) >= 11 is 1.44. The highest BCUT2D eigenvalue weighted by molar-refractivity contribution is 7.09. The van der Waals surface area contributed by atoms with E-state index in [2.05, 4.69) is 22.1 Å². The van der Waals surface area contributed by atoms with Gasteiger partial charge in [0.05, 0.1) is 0 Å². The van der Waals surface area contributed by atoms with Gasteiger partial charge in [0.25, 0.3) is 5.91 Å². The summed E-state index contributed by atoms with van der Waals surface area (Å²) < 4.78 is 0. The summed E-state index contributed by atoms with van der Waals surface area (Å²) in [5, 5.41) is 5.54. The van der Waals surface area contributed by atoms with Gasteiger partial charge in [-0.25, -0.2) is 4.98 Å². The van der Waals surface area contributed by atoms with Crippen molar-refractivity contribution in [3.05, 3.63) is 16.1 Å². The van der Waals surface area contributed by atoms with Crippen LogP contribution in [0.15, 0.2) is 5.38 Å². The maximum atomic E-state index is 11.9. The number of nitrogens with one attached hydrogen (secondary N) is 1. The molecule has 20 heavy (non-hydrogen) atoms. The molecule has 1 fully saturated rings. The van der Waals surface area contributed by atoms with Crippen LogP contribution in [0.3, 0.4) is 0 Å². The third-order valence-electron chi connectivity index (χ3n) is 3.95. The minimum Gasteiger partial charge on any atom is -0.351 e. The number of hydrogen-bond donors (Lipinski definition) is 2. The summed E-state index contributed by atoms with van der Waals surface area (Å²) in [6, 6.07) is 0. The molecular formula is C14H24N4OS. The molecule has 0 aliphatic carbocycles. The number of amides is 1. The highest BCUT2D eigenvalue weighted by Gasteiger charge is 2.18. The molecular weight excluding hydrogens is 272 g/mol. The maximum Gasteiger partial charge on any atom is 0.270 e. The average molecular weight is 296 g/mol. The molecule has 2 heterocycles. The Morgan fingerprint density at radius 2 is 2.30 bits per heavy atom. The molecule has 0 atom stereocenters. The van der Waals surface area contributed by atoms with Crippen LogP contribution in [0.2, 0.25) is 0 Å². The van der Waals surface area contributed by atoms with Crippen LogP contribution < -0.4 is 11.1 Å². The molecule has 6 heteroatoms. The van der Waals surface area contributed by atoms with E-state index in [-0.39, 0.29) is 5.91 Å². The van der Waals surface area contributed by atoms with Crippen molar-refractivity contribution in [2.75, 3.05) is 26.2 Å². The summed E-state index contributed by atoms with van der Waals surface area (Å²) in [6.07, 6.45) is 3.56. The number of likely N-dealkylation sites (tertiary alicyclic amines) is 1. The first kappa shape index (κ1) is 15.4. The minimum absolute atomic E-state index is 0.0769. The Morgan fingerprint density at radius 1 is 1.55 bits per heavy atom. The molecule has 0 spiro atoms. The van der Waals surface area contributed by atoms with Gasteiger partial charge in [-0.2, -0.15) is 0 Å². The quantitative estimate of drug-likeness (QED) is 0.833. The Labute approximate surface area is 124 Å². The molecule has 0 unspecified atom stereocenters. The van der Waals surface area contributed by atoms with E-state index in [1.807, 2.05) is 0 Å². The number of carbonyl (C=O) groups excluding carboxylic acids is 1. The first-order valence-corrected chi connectivity index (χ1v) is 8.26. The van der Waals surface area contributed by atoms with Crippen molar-refractivity contribution in [3.63, 3.8) is 0 Å². The number of carbonyl (C=O) groups is 1. The van der Waals surface area contributed by atoms with E-state index < -0.39 is 0 Å².